The van der Waals surface area contributed by atoms with Crippen LogP contribution in [0.1, 0.15) is 44.5 Å². The van der Waals surface area contributed by atoms with Crippen LogP contribution in [0.4, 0.5) is 0 Å². The van der Waals surface area contributed by atoms with Crippen molar-refractivity contribution in [1.29, 1.82) is 0 Å². The molecule has 2 aromatic heterocycles. The van der Waals surface area contributed by atoms with Gasteiger partial charge in [-0.25, -0.2) is 4.98 Å². The Balaban J connectivity index is 1.68. The van der Waals surface area contributed by atoms with Gasteiger partial charge in [-0.15, -0.1) is 0 Å². The molecule has 1 amide bonds. The first kappa shape index (κ1) is 21.0. The number of ether oxygens (including phenoxy) is 2. The number of nitrogens with one attached hydrogen (secondary N) is 1. The number of carbonyl (C=O) groups excluding carboxylic acids is 1. The monoisotopic (exact) mass is 442 g/mol. The highest BCUT2D eigenvalue weighted by Crippen LogP contribution is 2.41. The molecule has 1 atom stereocenters. The van der Waals surface area contributed by atoms with E-state index in [-0.39, 0.29) is 11.9 Å². The summed E-state index contributed by atoms with van der Waals surface area (Å²) in [6.45, 7) is 4.37. The van der Waals surface area contributed by atoms with Crippen LogP contribution in [-0.4, -0.2) is 46.8 Å². The molecule has 3 heterocycles. The van der Waals surface area contributed by atoms with Crippen LogP contribution >= 0.6 is 0 Å². The van der Waals surface area contributed by atoms with Crippen LogP contribution in [0.5, 0.6) is 11.5 Å². The van der Waals surface area contributed by atoms with Gasteiger partial charge in [-0.2, -0.15) is 5.10 Å². The molecule has 0 aliphatic carbocycles. The Hall–Kier alpha value is -3.87. The van der Waals surface area contributed by atoms with E-state index in [1.807, 2.05) is 55.1 Å². The summed E-state index contributed by atoms with van der Waals surface area (Å²) in [5, 5.41) is 8.02. The predicted octanol–water partition coefficient (Wildman–Crippen LogP) is 4.38. The third-order valence-electron chi connectivity index (χ3n) is 6.32. The molecule has 0 bridgehead atoms. The summed E-state index contributed by atoms with van der Waals surface area (Å²) in [6.07, 6.45) is 0.725. The standard InChI is InChI=1S/C26H26N4O3/c1-15-12-20(23-16(2)28-29-25(23)27-15)26(31)30-11-10-18-13-21(32-3)22(33-4)14-19(18)24(30)17-8-6-5-7-9-17/h5-9,12-14,24H,10-11H2,1-4H3,(H,27,28,29). The van der Waals surface area contributed by atoms with Gasteiger partial charge in [-0.05, 0) is 55.2 Å². The van der Waals surface area contributed by atoms with Crippen LogP contribution in [0.15, 0.2) is 48.5 Å². The molecule has 0 radical (unpaired) electrons. The van der Waals surface area contributed by atoms with Crippen LogP contribution in [0.25, 0.3) is 11.0 Å². The normalized spacial score (nSPS) is 15.4. The summed E-state index contributed by atoms with van der Waals surface area (Å²) in [6, 6.07) is 15.8. The largest absolute Gasteiger partial charge is 0.493 e. The summed E-state index contributed by atoms with van der Waals surface area (Å²) in [4.78, 5) is 20.6. The molecule has 1 N–H and O–H groups in total. The molecule has 0 fully saturated rings. The Morgan fingerprint density at radius 2 is 1.79 bits per heavy atom. The van der Waals surface area contributed by atoms with E-state index in [0.717, 1.165) is 39.9 Å². The second-order valence-corrected chi connectivity index (χ2v) is 8.31. The van der Waals surface area contributed by atoms with E-state index in [1.165, 1.54) is 0 Å². The number of carbonyl (C=O) groups is 1. The number of hydrogen-bond donors (Lipinski definition) is 1. The molecule has 1 aliphatic rings. The number of benzene rings is 2. The number of hydrogen-bond acceptors (Lipinski definition) is 5. The van der Waals surface area contributed by atoms with E-state index in [9.17, 15) is 4.79 Å². The van der Waals surface area contributed by atoms with E-state index in [1.54, 1.807) is 14.2 Å². The van der Waals surface area contributed by atoms with Crippen molar-refractivity contribution in [3.63, 3.8) is 0 Å². The summed E-state index contributed by atoms with van der Waals surface area (Å²) in [5.74, 6) is 1.31. The second kappa shape index (κ2) is 8.24. The van der Waals surface area contributed by atoms with Crippen molar-refractivity contribution in [2.24, 2.45) is 0 Å². The molecule has 0 saturated heterocycles. The average Bonchev–Trinajstić information content (AvgIpc) is 3.22. The molecular weight excluding hydrogens is 416 g/mol. The van der Waals surface area contributed by atoms with E-state index in [2.05, 4.69) is 27.3 Å². The van der Waals surface area contributed by atoms with Crippen molar-refractivity contribution in [2.45, 2.75) is 26.3 Å². The number of methoxy groups -OCH3 is 2. The fourth-order valence-electron chi connectivity index (χ4n) is 4.80. The number of amides is 1. The Labute approximate surface area is 192 Å². The van der Waals surface area contributed by atoms with Crippen molar-refractivity contribution >= 4 is 16.9 Å². The van der Waals surface area contributed by atoms with Crippen LogP contribution in [-0.2, 0) is 6.42 Å². The maximum atomic E-state index is 14.1. The maximum absolute atomic E-state index is 14.1. The second-order valence-electron chi connectivity index (χ2n) is 8.31. The lowest BCUT2D eigenvalue weighted by atomic mass is 9.87. The molecule has 0 saturated carbocycles. The zero-order chi connectivity index (χ0) is 23.1. The molecule has 2 aromatic carbocycles. The molecule has 1 unspecified atom stereocenters. The summed E-state index contributed by atoms with van der Waals surface area (Å²) >= 11 is 0. The third-order valence-corrected chi connectivity index (χ3v) is 6.32. The third kappa shape index (κ3) is 3.50. The topological polar surface area (TPSA) is 80.3 Å². The minimum Gasteiger partial charge on any atom is -0.493 e. The predicted molar refractivity (Wildman–Crippen MR) is 126 cm³/mol. The van der Waals surface area contributed by atoms with Gasteiger partial charge in [0.15, 0.2) is 17.1 Å². The Morgan fingerprint density at radius 1 is 1.06 bits per heavy atom. The Morgan fingerprint density at radius 3 is 2.52 bits per heavy atom. The number of rotatable bonds is 4. The number of aromatic nitrogens is 3. The van der Waals surface area contributed by atoms with Gasteiger partial charge in [0.2, 0.25) is 0 Å². The van der Waals surface area contributed by atoms with Crippen molar-refractivity contribution < 1.29 is 14.3 Å². The molecule has 33 heavy (non-hydrogen) atoms. The smallest absolute Gasteiger partial charge is 0.255 e. The minimum absolute atomic E-state index is 0.0377. The number of nitrogens with zero attached hydrogens (tertiary/aromatic N) is 3. The van der Waals surface area contributed by atoms with Gasteiger partial charge in [0.1, 0.15) is 0 Å². The Bertz CT molecular complexity index is 1350. The Kier molecular flexibility index (Phi) is 5.24. The molecule has 168 valence electrons. The zero-order valence-electron chi connectivity index (χ0n) is 19.2. The van der Waals surface area contributed by atoms with Crippen LogP contribution in [0.3, 0.4) is 0 Å². The van der Waals surface area contributed by atoms with Crippen molar-refractivity contribution in [3.05, 3.63) is 82.2 Å². The quantitative estimate of drug-likeness (QED) is 0.507. The van der Waals surface area contributed by atoms with Crippen LogP contribution in [0, 0.1) is 13.8 Å². The highest BCUT2D eigenvalue weighted by molar-refractivity contribution is 6.06. The first-order valence-corrected chi connectivity index (χ1v) is 10.9. The molecule has 0 spiro atoms. The zero-order valence-corrected chi connectivity index (χ0v) is 19.2. The lowest BCUT2D eigenvalue weighted by Gasteiger charge is -2.38. The van der Waals surface area contributed by atoms with Gasteiger partial charge in [0, 0.05) is 12.2 Å². The highest BCUT2D eigenvalue weighted by Gasteiger charge is 2.35. The van der Waals surface area contributed by atoms with Gasteiger partial charge in [0.05, 0.1) is 36.9 Å². The van der Waals surface area contributed by atoms with E-state index in [0.29, 0.717) is 29.3 Å². The molecule has 7 heteroatoms. The van der Waals surface area contributed by atoms with Crippen molar-refractivity contribution in [1.82, 2.24) is 20.1 Å². The summed E-state index contributed by atoms with van der Waals surface area (Å²) in [5.41, 5.74) is 6.04. The van der Waals surface area contributed by atoms with Gasteiger partial charge >= 0.3 is 0 Å². The fourth-order valence-corrected chi connectivity index (χ4v) is 4.80. The first-order chi connectivity index (χ1) is 16.0. The number of aromatic amines is 1. The van der Waals surface area contributed by atoms with Crippen molar-refractivity contribution in [2.75, 3.05) is 20.8 Å². The van der Waals surface area contributed by atoms with Crippen LogP contribution < -0.4 is 9.47 Å². The minimum atomic E-state index is -0.252. The summed E-state index contributed by atoms with van der Waals surface area (Å²) < 4.78 is 11.1. The SMILES string of the molecule is COc1cc2c(cc1OC)C(c1ccccc1)N(C(=O)c1cc(C)nc3[nH]nc(C)c13)CC2. The van der Waals surface area contributed by atoms with E-state index in [4.69, 9.17) is 9.47 Å². The fraction of sp³-hybridized carbons (Fsp3) is 0.269. The highest BCUT2D eigenvalue weighted by atomic mass is 16.5. The van der Waals surface area contributed by atoms with E-state index < -0.39 is 0 Å². The number of aryl methyl sites for hydroxylation is 2. The van der Waals surface area contributed by atoms with Gasteiger partial charge in [0.25, 0.3) is 5.91 Å². The molecule has 5 rings (SSSR count). The lowest BCUT2D eigenvalue weighted by Crippen LogP contribution is -2.40. The molecule has 1 aliphatic heterocycles. The van der Waals surface area contributed by atoms with Gasteiger partial charge < -0.3 is 14.4 Å². The first-order valence-electron chi connectivity index (χ1n) is 10.9. The van der Waals surface area contributed by atoms with Gasteiger partial charge in [-0.3, -0.25) is 9.89 Å². The molecular formula is C26H26N4O3. The molecule has 4 aromatic rings. The van der Waals surface area contributed by atoms with Gasteiger partial charge in [-0.1, -0.05) is 30.3 Å². The van der Waals surface area contributed by atoms with Crippen molar-refractivity contribution in [3.8, 4) is 11.5 Å². The maximum Gasteiger partial charge on any atom is 0.255 e. The number of H-pyrrole nitrogens is 1. The number of fused-ring (bicyclic) bond motifs is 2. The molecule has 7 nitrogen and oxygen atoms in total. The van der Waals surface area contributed by atoms with Crippen LogP contribution in [0.2, 0.25) is 0 Å². The lowest BCUT2D eigenvalue weighted by molar-refractivity contribution is 0.0696. The number of pyridine rings is 1. The van der Waals surface area contributed by atoms with E-state index >= 15 is 0 Å². The summed E-state index contributed by atoms with van der Waals surface area (Å²) in [7, 11) is 3.27. The average molecular weight is 443 g/mol.